The second-order valence-corrected chi connectivity index (χ2v) is 10.00. The maximum absolute atomic E-state index is 12.1. The van der Waals surface area contributed by atoms with Gasteiger partial charge in [0.15, 0.2) is 0 Å². The van der Waals surface area contributed by atoms with E-state index in [-0.39, 0.29) is 13.1 Å². The van der Waals surface area contributed by atoms with Crippen molar-refractivity contribution < 1.29 is 0 Å². The summed E-state index contributed by atoms with van der Waals surface area (Å²) in [5, 5.41) is 0. The molecule has 0 atom stereocenters. The molecule has 0 radical (unpaired) electrons. The van der Waals surface area contributed by atoms with E-state index >= 15 is 0 Å². The summed E-state index contributed by atoms with van der Waals surface area (Å²) < 4.78 is 5.83. The van der Waals surface area contributed by atoms with Gasteiger partial charge >= 0.3 is 34.1 Å². The first-order chi connectivity index (χ1) is 15.1. The quantitative estimate of drug-likeness (QED) is 0.274. The average molecular weight is 489 g/mol. The van der Waals surface area contributed by atoms with Gasteiger partial charge in [0.1, 0.15) is 0 Å². The molecular weight excluding hydrogens is 460 g/mol. The molecule has 0 amide bonds. The summed E-state index contributed by atoms with van der Waals surface area (Å²) in [6.45, 7) is 0.516. The van der Waals surface area contributed by atoms with Gasteiger partial charge in [-0.2, -0.15) is 0 Å². The van der Waals surface area contributed by atoms with Crippen molar-refractivity contribution in [2.24, 2.45) is 28.2 Å². The van der Waals surface area contributed by atoms with Gasteiger partial charge in [0.25, 0.3) is 0 Å². The molecule has 178 valence electrons. The molecule has 0 aliphatic heterocycles. The largest absolute Gasteiger partial charge is 0.336 e. The summed E-state index contributed by atoms with van der Waals surface area (Å²) >= 11 is 0. The number of hydrogen-bond acceptors (Lipinski definition) is 8. The molecule has 2 aromatic heterocycles. The molecule has 0 spiro atoms. The van der Waals surface area contributed by atoms with Crippen LogP contribution in [0.5, 0.6) is 0 Å². The molecule has 2 rings (SSSR count). The van der Waals surface area contributed by atoms with Crippen molar-refractivity contribution in [2.75, 3.05) is 11.5 Å². The Labute approximate surface area is 190 Å². The summed E-state index contributed by atoms with van der Waals surface area (Å²) in [7, 11) is 8.74. The van der Waals surface area contributed by atoms with E-state index in [1.807, 2.05) is 0 Å². The third-order valence-corrected chi connectivity index (χ3v) is 7.60. The molecule has 0 aromatic carbocycles. The molecule has 0 saturated carbocycles. The zero-order chi connectivity index (χ0) is 24.0. The molecule has 12 nitrogen and oxygen atoms in total. The summed E-state index contributed by atoms with van der Waals surface area (Å²) in [4.78, 5) is 71.7. The fourth-order valence-electron chi connectivity index (χ4n) is 3.03. The van der Waals surface area contributed by atoms with Crippen LogP contribution >= 0.6 is 21.6 Å². The number of aromatic nitrogens is 6. The van der Waals surface area contributed by atoms with Crippen LogP contribution in [0, 0.1) is 0 Å². The first-order valence-electron chi connectivity index (χ1n) is 10.1. The van der Waals surface area contributed by atoms with Crippen LogP contribution in [0.2, 0.25) is 0 Å². The average Bonchev–Trinajstić information content (AvgIpc) is 2.78. The standard InChI is InChI=1S/C18H28N6O6S2/c1-19-13(25)20(2)16(28)23(15(19)27)9-5-7-11-31-32-12-8-6-10-24-17(29)21(3)14(26)22(4)18(24)30/h5-12H2,1-4H3. The van der Waals surface area contributed by atoms with E-state index in [9.17, 15) is 28.8 Å². The van der Waals surface area contributed by atoms with Crippen molar-refractivity contribution in [3.05, 3.63) is 62.9 Å². The lowest BCUT2D eigenvalue weighted by atomic mass is 10.3. The predicted octanol–water partition coefficient (Wildman–Crippen LogP) is -1.55. The van der Waals surface area contributed by atoms with Crippen molar-refractivity contribution >= 4 is 21.6 Å². The van der Waals surface area contributed by atoms with Crippen LogP contribution < -0.4 is 34.1 Å². The maximum atomic E-state index is 12.1. The molecule has 2 aromatic rings. The minimum atomic E-state index is -0.634. The summed E-state index contributed by atoms with van der Waals surface area (Å²) in [6.07, 6.45) is 2.89. The molecule has 2 heterocycles. The smallest absolute Gasteiger partial charge is 0.248 e. The van der Waals surface area contributed by atoms with Crippen molar-refractivity contribution in [1.29, 1.82) is 0 Å². The number of nitrogens with zero attached hydrogens (tertiary/aromatic N) is 6. The molecular formula is C18H28N6O6S2. The molecule has 0 N–H and O–H groups in total. The van der Waals surface area contributed by atoms with Crippen LogP contribution in [0.3, 0.4) is 0 Å². The van der Waals surface area contributed by atoms with Gasteiger partial charge in [-0.3, -0.25) is 0 Å². The second-order valence-electron chi connectivity index (χ2n) is 7.29. The van der Waals surface area contributed by atoms with Gasteiger partial charge in [0.05, 0.1) is 0 Å². The van der Waals surface area contributed by atoms with Gasteiger partial charge in [-0.15, -0.1) is 0 Å². The minimum absolute atomic E-state index is 0.258. The number of unbranched alkanes of at least 4 members (excludes halogenated alkanes) is 2. The topological polar surface area (TPSA) is 132 Å². The highest BCUT2D eigenvalue weighted by Crippen LogP contribution is 2.23. The fourth-order valence-corrected chi connectivity index (χ4v) is 5.32. The van der Waals surface area contributed by atoms with E-state index in [0.29, 0.717) is 12.8 Å². The highest BCUT2D eigenvalue weighted by Gasteiger charge is 2.11. The van der Waals surface area contributed by atoms with Crippen LogP contribution in [0.4, 0.5) is 0 Å². The van der Waals surface area contributed by atoms with Crippen molar-refractivity contribution in [2.45, 2.75) is 38.8 Å². The van der Waals surface area contributed by atoms with Crippen LogP contribution in [-0.2, 0) is 41.3 Å². The summed E-state index contributed by atoms with van der Waals surface area (Å²) in [5.74, 6) is 1.68. The van der Waals surface area contributed by atoms with Crippen molar-refractivity contribution in [3.63, 3.8) is 0 Å². The fraction of sp³-hybridized carbons (Fsp3) is 0.667. The SMILES string of the molecule is Cn1c(=O)n(C)c(=O)n(CCCCSSCCCCn2c(=O)n(C)c(=O)n(C)c2=O)c1=O. The molecule has 32 heavy (non-hydrogen) atoms. The van der Waals surface area contributed by atoms with Crippen molar-refractivity contribution in [1.82, 2.24) is 27.4 Å². The molecule has 0 aliphatic rings. The Balaban J connectivity index is 1.69. The van der Waals surface area contributed by atoms with E-state index in [2.05, 4.69) is 0 Å². The Morgan fingerprint density at radius 2 is 0.750 bits per heavy atom. The zero-order valence-electron chi connectivity index (χ0n) is 18.6. The minimum Gasteiger partial charge on any atom is -0.248 e. The van der Waals surface area contributed by atoms with E-state index in [1.165, 1.54) is 28.2 Å². The maximum Gasteiger partial charge on any atom is 0.336 e. The van der Waals surface area contributed by atoms with Crippen LogP contribution in [0.15, 0.2) is 28.8 Å². The lowest BCUT2D eigenvalue weighted by molar-refractivity contribution is 0.488. The summed E-state index contributed by atoms with van der Waals surface area (Å²) in [5.41, 5.74) is -3.69. The third-order valence-electron chi connectivity index (χ3n) is 5.02. The highest BCUT2D eigenvalue weighted by molar-refractivity contribution is 8.76. The Hall–Kier alpha value is -2.48. The van der Waals surface area contributed by atoms with E-state index in [1.54, 1.807) is 21.6 Å². The monoisotopic (exact) mass is 488 g/mol. The molecule has 0 aliphatic carbocycles. The van der Waals surface area contributed by atoms with E-state index in [4.69, 9.17) is 0 Å². The van der Waals surface area contributed by atoms with Gasteiger partial charge < -0.3 is 0 Å². The Morgan fingerprint density at radius 3 is 1.03 bits per heavy atom. The Morgan fingerprint density at radius 1 is 0.469 bits per heavy atom. The van der Waals surface area contributed by atoms with E-state index in [0.717, 1.165) is 51.7 Å². The Bertz CT molecular complexity index is 1130. The van der Waals surface area contributed by atoms with Gasteiger partial charge in [-0.1, -0.05) is 21.6 Å². The highest BCUT2D eigenvalue weighted by atomic mass is 33.1. The first-order valence-corrected chi connectivity index (χ1v) is 12.6. The van der Waals surface area contributed by atoms with Crippen molar-refractivity contribution in [3.8, 4) is 0 Å². The van der Waals surface area contributed by atoms with Gasteiger partial charge in [0.2, 0.25) is 0 Å². The Kier molecular flexibility index (Phi) is 9.19. The molecule has 0 saturated heterocycles. The second kappa shape index (κ2) is 11.4. The first kappa shape index (κ1) is 25.8. The zero-order valence-corrected chi connectivity index (χ0v) is 20.2. The van der Waals surface area contributed by atoms with Crippen LogP contribution in [0.25, 0.3) is 0 Å². The van der Waals surface area contributed by atoms with Gasteiger partial charge in [-0.25, -0.2) is 56.2 Å². The molecule has 0 bridgehead atoms. The van der Waals surface area contributed by atoms with Gasteiger partial charge in [-0.05, 0) is 25.7 Å². The molecule has 14 heteroatoms. The van der Waals surface area contributed by atoms with Gasteiger partial charge in [0, 0.05) is 52.8 Å². The lowest BCUT2D eigenvalue weighted by Crippen LogP contribution is -2.52. The third kappa shape index (κ3) is 5.65. The summed E-state index contributed by atoms with van der Waals surface area (Å²) in [6, 6.07) is 0. The molecule has 0 unspecified atom stereocenters. The molecule has 0 fully saturated rings. The van der Waals surface area contributed by atoms with Crippen LogP contribution in [0.1, 0.15) is 25.7 Å². The predicted molar refractivity (Wildman–Crippen MR) is 126 cm³/mol. The van der Waals surface area contributed by atoms with E-state index < -0.39 is 34.1 Å². The number of hydrogen-bond donors (Lipinski definition) is 0. The van der Waals surface area contributed by atoms with Crippen LogP contribution in [-0.4, -0.2) is 38.9 Å². The normalized spacial score (nSPS) is 11.2. The lowest BCUT2D eigenvalue weighted by Gasteiger charge is -2.09. The number of rotatable bonds is 11.